The smallest absolute Gasteiger partial charge is 0.0165 e. The summed E-state index contributed by atoms with van der Waals surface area (Å²) in [6.45, 7) is 12.4. The summed E-state index contributed by atoms with van der Waals surface area (Å²) in [4.78, 5) is 2.49. The van der Waals surface area contributed by atoms with Crippen molar-refractivity contribution >= 4 is 0 Å². The Morgan fingerprint density at radius 3 is 1.86 bits per heavy atom. The maximum absolute atomic E-state index is 5.97. The molecule has 0 spiro atoms. The summed E-state index contributed by atoms with van der Waals surface area (Å²) < 4.78 is 0. The third kappa shape index (κ3) is 5.61. The van der Waals surface area contributed by atoms with Gasteiger partial charge in [-0.25, -0.2) is 0 Å². The molecule has 0 aromatic heterocycles. The van der Waals surface area contributed by atoms with E-state index in [0.29, 0.717) is 6.04 Å². The Hall–Kier alpha value is -0.0800. The number of likely N-dealkylation sites (N-methyl/N-ethyl adjacent to an activating group) is 1. The second-order valence-electron chi connectivity index (χ2n) is 4.20. The molecule has 0 rings (SSSR count). The fourth-order valence-corrected chi connectivity index (χ4v) is 1.71. The van der Waals surface area contributed by atoms with Gasteiger partial charge in [0.25, 0.3) is 0 Å². The molecule has 0 saturated carbocycles. The van der Waals surface area contributed by atoms with Gasteiger partial charge in [-0.3, -0.25) is 0 Å². The minimum atomic E-state index is 0.351. The Bertz CT molecular complexity index is 121. The summed E-state index contributed by atoms with van der Waals surface area (Å²) in [5.41, 5.74) is 5.97. The van der Waals surface area contributed by atoms with E-state index >= 15 is 0 Å². The summed E-state index contributed by atoms with van der Waals surface area (Å²) in [5, 5.41) is 0. The Morgan fingerprint density at radius 2 is 1.50 bits per heavy atom. The van der Waals surface area contributed by atoms with E-state index < -0.39 is 0 Å². The molecular weight excluding hydrogens is 172 g/mol. The highest BCUT2D eigenvalue weighted by molar-refractivity contribution is 4.69. The van der Waals surface area contributed by atoms with Crippen LogP contribution in [0.5, 0.6) is 0 Å². The number of hydrogen-bond donors (Lipinski definition) is 1. The zero-order valence-electron chi connectivity index (χ0n) is 10.4. The minimum absolute atomic E-state index is 0.351. The molecule has 0 bridgehead atoms. The number of nitrogens with two attached hydrogens (primary N) is 1. The Labute approximate surface area is 89.9 Å². The first kappa shape index (κ1) is 13.9. The molecular formula is C12H28N2. The van der Waals surface area contributed by atoms with Gasteiger partial charge in [0.2, 0.25) is 0 Å². The van der Waals surface area contributed by atoms with Crippen LogP contribution in [0, 0.1) is 5.92 Å². The molecule has 0 aliphatic rings. The normalized spacial score (nSPS) is 13.9. The van der Waals surface area contributed by atoms with Crippen molar-refractivity contribution in [2.75, 3.05) is 19.6 Å². The fraction of sp³-hybridized carbons (Fsp3) is 1.00. The molecule has 0 heterocycles. The van der Waals surface area contributed by atoms with Crippen LogP contribution in [0.2, 0.25) is 0 Å². The Balaban J connectivity index is 3.88. The van der Waals surface area contributed by atoms with Crippen LogP contribution in [0.4, 0.5) is 0 Å². The zero-order valence-corrected chi connectivity index (χ0v) is 10.4. The molecule has 2 N–H and O–H groups in total. The molecule has 0 fully saturated rings. The minimum Gasteiger partial charge on any atom is -0.327 e. The van der Waals surface area contributed by atoms with E-state index in [2.05, 4.69) is 32.6 Å². The average molecular weight is 200 g/mol. The molecule has 2 heteroatoms. The predicted octanol–water partition coefficient (Wildman–Crippen LogP) is 2.48. The standard InChI is InChI=1S/C12H28N2/c1-5-11(6-2)9-14(8-4)10-12(13)7-3/h11-12H,5-10,13H2,1-4H3. The van der Waals surface area contributed by atoms with Crippen molar-refractivity contribution in [2.45, 2.75) is 53.0 Å². The van der Waals surface area contributed by atoms with Crippen molar-refractivity contribution in [1.29, 1.82) is 0 Å². The lowest BCUT2D eigenvalue weighted by Gasteiger charge is -2.27. The van der Waals surface area contributed by atoms with E-state index in [9.17, 15) is 0 Å². The maximum atomic E-state index is 5.97. The van der Waals surface area contributed by atoms with Gasteiger partial charge in [0, 0.05) is 19.1 Å². The van der Waals surface area contributed by atoms with Crippen LogP contribution >= 0.6 is 0 Å². The monoisotopic (exact) mass is 200 g/mol. The maximum Gasteiger partial charge on any atom is 0.0165 e. The Morgan fingerprint density at radius 1 is 0.929 bits per heavy atom. The average Bonchev–Trinajstić information content (AvgIpc) is 2.23. The molecule has 0 saturated heterocycles. The lowest BCUT2D eigenvalue weighted by atomic mass is 10.0. The highest BCUT2D eigenvalue weighted by Gasteiger charge is 2.11. The van der Waals surface area contributed by atoms with E-state index in [-0.39, 0.29) is 0 Å². The number of hydrogen-bond acceptors (Lipinski definition) is 2. The Kier molecular flexibility index (Phi) is 8.20. The largest absolute Gasteiger partial charge is 0.327 e. The first-order valence-corrected chi connectivity index (χ1v) is 6.15. The van der Waals surface area contributed by atoms with Crippen LogP contribution in [-0.2, 0) is 0 Å². The topological polar surface area (TPSA) is 29.3 Å². The third-order valence-electron chi connectivity index (χ3n) is 3.14. The van der Waals surface area contributed by atoms with E-state index in [4.69, 9.17) is 5.73 Å². The van der Waals surface area contributed by atoms with Gasteiger partial charge < -0.3 is 10.6 Å². The molecule has 0 aromatic carbocycles. The second kappa shape index (κ2) is 8.25. The molecule has 0 aliphatic carbocycles. The highest BCUT2D eigenvalue weighted by Crippen LogP contribution is 2.10. The van der Waals surface area contributed by atoms with Crippen molar-refractivity contribution in [3.8, 4) is 0 Å². The number of rotatable bonds is 8. The summed E-state index contributed by atoms with van der Waals surface area (Å²) in [6, 6.07) is 0.351. The van der Waals surface area contributed by atoms with Crippen LogP contribution in [-0.4, -0.2) is 30.6 Å². The van der Waals surface area contributed by atoms with Crippen LogP contribution in [0.25, 0.3) is 0 Å². The van der Waals surface area contributed by atoms with Crippen molar-refractivity contribution in [1.82, 2.24) is 4.90 Å². The molecule has 14 heavy (non-hydrogen) atoms. The van der Waals surface area contributed by atoms with Crippen molar-refractivity contribution < 1.29 is 0 Å². The quantitative estimate of drug-likeness (QED) is 0.652. The molecule has 0 radical (unpaired) electrons. The van der Waals surface area contributed by atoms with Gasteiger partial charge in [0.15, 0.2) is 0 Å². The lowest BCUT2D eigenvalue weighted by molar-refractivity contribution is 0.220. The molecule has 1 unspecified atom stereocenters. The van der Waals surface area contributed by atoms with Crippen LogP contribution < -0.4 is 5.73 Å². The highest BCUT2D eigenvalue weighted by atomic mass is 15.1. The first-order chi connectivity index (χ1) is 6.67. The predicted molar refractivity (Wildman–Crippen MR) is 64.5 cm³/mol. The van der Waals surface area contributed by atoms with Crippen LogP contribution in [0.3, 0.4) is 0 Å². The van der Waals surface area contributed by atoms with Crippen molar-refractivity contribution in [2.24, 2.45) is 11.7 Å². The molecule has 0 amide bonds. The summed E-state index contributed by atoms with van der Waals surface area (Å²) in [5.74, 6) is 0.846. The van der Waals surface area contributed by atoms with Gasteiger partial charge in [0.1, 0.15) is 0 Å². The van der Waals surface area contributed by atoms with E-state index in [1.54, 1.807) is 0 Å². The van der Waals surface area contributed by atoms with Gasteiger partial charge in [-0.05, 0) is 18.9 Å². The van der Waals surface area contributed by atoms with Gasteiger partial charge in [0.05, 0.1) is 0 Å². The second-order valence-corrected chi connectivity index (χ2v) is 4.20. The van der Waals surface area contributed by atoms with Crippen molar-refractivity contribution in [3.05, 3.63) is 0 Å². The van der Waals surface area contributed by atoms with E-state index in [1.807, 2.05) is 0 Å². The third-order valence-corrected chi connectivity index (χ3v) is 3.14. The molecule has 0 aliphatic heterocycles. The lowest BCUT2D eigenvalue weighted by Crippen LogP contribution is -2.39. The molecule has 2 nitrogen and oxygen atoms in total. The fourth-order valence-electron chi connectivity index (χ4n) is 1.71. The van der Waals surface area contributed by atoms with Crippen molar-refractivity contribution in [3.63, 3.8) is 0 Å². The van der Waals surface area contributed by atoms with Crippen LogP contribution in [0.1, 0.15) is 47.0 Å². The van der Waals surface area contributed by atoms with Crippen LogP contribution in [0.15, 0.2) is 0 Å². The molecule has 1 atom stereocenters. The van der Waals surface area contributed by atoms with Gasteiger partial charge in [-0.2, -0.15) is 0 Å². The van der Waals surface area contributed by atoms with Gasteiger partial charge >= 0.3 is 0 Å². The first-order valence-electron chi connectivity index (χ1n) is 6.15. The summed E-state index contributed by atoms with van der Waals surface area (Å²) in [7, 11) is 0. The van der Waals surface area contributed by atoms with E-state index in [0.717, 1.165) is 25.4 Å². The number of nitrogens with zero attached hydrogens (tertiary/aromatic N) is 1. The van der Waals surface area contributed by atoms with E-state index in [1.165, 1.54) is 19.4 Å². The summed E-state index contributed by atoms with van der Waals surface area (Å²) in [6.07, 6.45) is 3.65. The SMILES string of the molecule is CCC(N)CN(CC)CC(CC)CC. The van der Waals surface area contributed by atoms with Gasteiger partial charge in [-0.1, -0.05) is 40.5 Å². The molecule has 0 aromatic rings. The molecule has 86 valence electrons. The zero-order chi connectivity index (χ0) is 11.0. The summed E-state index contributed by atoms with van der Waals surface area (Å²) >= 11 is 0. The van der Waals surface area contributed by atoms with Gasteiger partial charge in [-0.15, -0.1) is 0 Å².